The Morgan fingerprint density at radius 2 is 1.76 bits per heavy atom. The standard InChI is InChI=1S/C22H21ClN4O2/c1-26-19(14-24-12-11-15-7-3-2-4-8-15)21-17(13-20(26)28)25-27(22(21)29)18-10-6-5-9-16(18)23/h2-10,13,24-25H,11-12,14H2,1H3. The van der Waals surface area contributed by atoms with Crippen LogP contribution in [0.3, 0.4) is 0 Å². The van der Waals surface area contributed by atoms with Gasteiger partial charge in [-0.2, -0.15) is 0 Å². The van der Waals surface area contributed by atoms with Crippen molar-refractivity contribution in [3.63, 3.8) is 0 Å². The van der Waals surface area contributed by atoms with Gasteiger partial charge in [0.1, 0.15) is 0 Å². The third kappa shape index (κ3) is 3.77. The quantitative estimate of drug-likeness (QED) is 0.482. The first kappa shape index (κ1) is 19.2. The van der Waals surface area contributed by atoms with E-state index in [1.165, 1.54) is 20.9 Å². The first-order valence-corrected chi connectivity index (χ1v) is 9.77. The molecular weight excluding hydrogens is 388 g/mol. The molecule has 2 aromatic heterocycles. The summed E-state index contributed by atoms with van der Waals surface area (Å²) < 4.78 is 2.91. The van der Waals surface area contributed by atoms with Gasteiger partial charge in [0.2, 0.25) is 0 Å². The van der Waals surface area contributed by atoms with Crippen molar-refractivity contribution in [3.05, 3.63) is 97.7 Å². The molecule has 0 atom stereocenters. The number of nitrogens with zero attached hydrogens (tertiary/aromatic N) is 2. The van der Waals surface area contributed by atoms with Crippen LogP contribution in [-0.2, 0) is 20.0 Å². The number of para-hydroxylation sites is 1. The minimum Gasteiger partial charge on any atom is -0.313 e. The molecule has 0 aliphatic rings. The van der Waals surface area contributed by atoms with Gasteiger partial charge in [0.25, 0.3) is 11.1 Å². The van der Waals surface area contributed by atoms with Gasteiger partial charge >= 0.3 is 0 Å². The van der Waals surface area contributed by atoms with E-state index in [4.69, 9.17) is 11.6 Å². The Bertz CT molecular complexity index is 1270. The summed E-state index contributed by atoms with van der Waals surface area (Å²) in [6, 6.07) is 18.7. The second kappa shape index (κ2) is 8.11. The van der Waals surface area contributed by atoms with E-state index >= 15 is 0 Å². The van der Waals surface area contributed by atoms with Gasteiger partial charge in [-0.15, -0.1) is 0 Å². The molecule has 0 bridgehead atoms. The Balaban J connectivity index is 1.68. The Morgan fingerprint density at radius 3 is 2.52 bits per heavy atom. The Kier molecular flexibility index (Phi) is 5.38. The molecular formula is C22H21ClN4O2. The lowest BCUT2D eigenvalue weighted by Gasteiger charge is -2.10. The van der Waals surface area contributed by atoms with Crippen LogP contribution < -0.4 is 16.4 Å². The van der Waals surface area contributed by atoms with Gasteiger partial charge in [-0.25, -0.2) is 4.68 Å². The van der Waals surface area contributed by atoms with Gasteiger partial charge in [0, 0.05) is 25.4 Å². The summed E-state index contributed by atoms with van der Waals surface area (Å²) in [5.41, 5.74) is 2.52. The molecule has 6 nitrogen and oxygen atoms in total. The van der Waals surface area contributed by atoms with Crippen molar-refractivity contribution in [2.75, 3.05) is 6.54 Å². The number of hydrogen-bond donors (Lipinski definition) is 2. The number of fused-ring (bicyclic) bond motifs is 1. The van der Waals surface area contributed by atoms with Crippen LogP contribution >= 0.6 is 11.6 Å². The van der Waals surface area contributed by atoms with E-state index in [1.807, 2.05) is 24.3 Å². The Morgan fingerprint density at radius 1 is 1.03 bits per heavy atom. The summed E-state index contributed by atoms with van der Waals surface area (Å²) in [7, 11) is 1.68. The lowest BCUT2D eigenvalue weighted by molar-refractivity contribution is 0.646. The monoisotopic (exact) mass is 408 g/mol. The van der Waals surface area contributed by atoms with Crippen LogP contribution in [0, 0.1) is 0 Å². The fourth-order valence-corrected chi connectivity index (χ4v) is 3.67. The average molecular weight is 409 g/mol. The highest BCUT2D eigenvalue weighted by atomic mass is 35.5. The summed E-state index contributed by atoms with van der Waals surface area (Å²) in [6.07, 6.45) is 0.863. The molecule has 2 aromatic carbocycles. The molecule has 0 aliphatic heterocycles. The van der Waals surface area contributed by atoms with Crippen molar-refractivity contribution in [2.24, 2.45) is 7.05 Å². The van der Waals surface area contributed by atoms with Crippen LogP contribution in [0.25, 0.3) is 16.6 Å². The van der Waals surface area contributed by atoms with Crippen LogP contribution in [-0.4, -0.2) is 20.9 Å². The minimum atomic E-state index is -0.233. The summed E-state index contributed by atoms with van der Waals surface area (Å²) in [6.45, 7) is 1.14. The maximum atomic E-state index is 13.1. The fraction of sp³-hybridized carbons (Fsp3) is 0.182. The van der Waals surface area contributed by atoms with E-state index in [2.05, 4.69) is 22.5 Å². The molecule has 0 unspecified atom stereocenters. The predicted molar refractivity (Wildman–Crippen MR) is 116 cm³/mol. The second-order valence-corrected chi connectivity index (χ2v) is 7.30. The first-order chi connectivity index (χ1) is 14.1. The molecule has 2 N–H and O–H groups in total. The molecule has 0 amide bonds. The number of aromatic nitrogens is 3. The van der Waals surface area contributed by atoms with E-state index in [1.54, 1.807) is 25.2 Å². The lowest BCUT2D eigenvalue weighted by Crippen LogP contribution is -2.27. The number of halogens is 1. The second-order valence-electron chi connectivity index (χ2n) is 6.89. The van der Waals surface area contributed by atoms with Gasteiger partial charge in [0.15, 0.2) is 0 Å². The van der Waals surface area contributed by atoms with Gasteiger partial charge in [0.05, 0.1) is 21.6 Å². The summed E-state index contributed by atoms with van der Waals surface area (Å²) in [5, 5.41) is 7.31. The van der Waals surface area contributed by atoms with Crippen LogP contribution in [0.2, 0.25) is 5.02 Å². The van der Waals surface area contributed by atoms with Gasteiger partial charge < -0.3 is 9.88 Å². The Labute approximate surface area is 172 Å². The minimum absolute atomic E-state index is 0.176. The molecule has 148 valence electrons. The van der Waals surface area contributed by atoms with Crippen molar-refractivity contribution in [3.8, 4) is 5.69 Å². The molecule has 7 heteroatoms. The highest BCUT2D eigenvalue weighted by Crippen LogP contribution is 2.20. The summed E-state index contributed by atoms with van der Waals surface area (Å²) >= 11 is 6.26. The topological polar surface area (TPSA) is 71.8 Å². The van der Waals surface area contributed by atoms with Crippen molar-refractivity contribution < 1.29 is 0 Å². The first-order valence-electron chi connectivity index (χ1n) is 9.39. The van der Waals surface area contributed by atoms with Crippen molar-refractivity contribution in [2.45, 2.75) is 13.0 Å². The van der Waals surface area contributed by atoms with Gasteiger partial charge in [-0.3, -0.25) is 14.7 Å². The fourth-order valence-electron chi connectivity index (χ4n) is 3.45. The van der Waals surface area contributed by atoms with Gasteiger partial charge in [-0.1, -0.05) is 54.1 Å². The zero-order valence-corrected chi connectivity index (χ0v) is 16.7. The maximum Gasteiger partial charge on any atom is 0.280 e. The van der Waals surface area contributed by atoms with Crippen LogP contribution in [0.15, 0.2) is 70.3 Å². The number of rotatable bonds is 6. The van der Waals surface area contributed by atoms with E-state index in [0.717, 1.165) is 13.0 Å². The van der Waals surface area contributed by atoms with E-state index < -0.39 is 0 Å². The molecule has 0 saturated carbocycles. The number of H-pyrrole nitrogens is 1. The van der Waals surface area contributed by atoms with Crippen LogP contribution in [0.1, 0.15) is 11.3 Å². The number of benzene rings is 2. The molecule has 2 heterocycles. The molecule has 4 rings (SSSR count). The smallest absolute Gasteiger partial charge is 0.280 e. The zero-order valence-electron chi connectivity index (χ0n) is 16.0. The summed E-state index contributed by atoms with van der Waals surface area (Å²) in [4.78, 5) is 25.6. The molecule has 0 saturated heterocycles. The molecule has 4 aromatic rings. The van der Waals surface area contributed by atoms with E-state index in [9.17, 15) is 9.59 Å². The molecule has 0 spiro atoms. The van der Waals surface area contributed by atoms with Crippen LogP contribution in [0.4, 0.5) is 0 Å². The van der Waals surface area contributed by atoms with E-state index in [0.29, 0.717) is 33.9 Å². The largest absolute Gasteiger partial charge is 0.313 e. The maximum absolute atomic E-state index is 13.1. The van der Waals surface area contributed by atoms with Crippen LogP contribution in [0.5, 0.6) is 0 Å². The molecule has 0 aliphatic carbocycles. The van der Waals surface area contributed by atoms with Gasteiger partial charge in [-0.05, 0) is 30.7 Å². The predicted octanol–water partition coefficient (Wildman–Crippen LogP) is 3.00. The highest BCUT2D eigenvalue weighted by molar-refractivity contribution is 6.32. The normalized spacial score (nSPS) is 11.2. The average Bonchev–Trinajstić information content (AvgIpc) is 3.04. The SMILES string of the molecule is Cn1c(CNCCc2ccccc2)c2c(=O)n(-c3ccccc3Cl)[nH]c2cc1=O. The number of hydrogen-bond acceptors (Lipinski definition) is 3. The van der Waals surface area contributed by atoms with Crippen molar-refractivity contribution in [1.29, 1.82) is 0 Å². The molecule has 0 radical (unpaired) electrons. The van der Waals surface area contributed by atoms with E-state index in [-0.39, 0.29) is 11.1 Å². The molecule has 0 fully saturated rings. The zero-order chi connectivity index (χ0) is 20.4. The lowest BCUT2D eigenvalue weighted by atomic mass is 10.1. The van der Waals surface area contributed by atoms with Crippen molar-refractivity contribution >= 4 is 22.5 Å². The molecule has 29 heavy (non-hydrogen) atoms. The summed E-state index contributed by atoms with van der Waals surface area (Å²) in [5.74, 6) is 0. The Hall–Kier alpha value is -3.09. The van der Waals surface area contributed by atoms with Crippen molar-refractivity contribution in [1.82, 2.24) is 19.7 Å². The number of aromatic amines is 1. The number of nitrogens with one attached hydrogen (secondary N) is 2. The third-order valence-corrected chi connectivity index (χ3v) is 5.35. The number of pyridine rings is 1. The third-order valence-electron chi connectivity index (χ3n) is 5.03. The highest BCUT2D eigenvalue weighted by Gasteiger charge is 2.17.